The Morgan fingerprint density at radius 2 is 1.35 bits per heavy atom. The maximum atomic E-state index is 13.6. The van der Waals surface area contributed by atoms with Crippen molar-refractivity contribution < 1.29 is 74.4 Å². The molecular weight excluding hydrogens is 580 g/mol. The summed E-state index contributed by atoms with van der Waals surface area (Å²) in [4.78, 5) is 13.6. The van der Waals surface area contributed by atoms with E-state index < -0.39 is 103 Å². The Kier molecular flexibility index (Phi) is 8.77. The van der Waals surface area contributed by atoms with E-state index in [0.717, 1.165) is 12.1 Å². The first-order valence-corrected chi connectivity index (χ1v) is 13.0. The summed E-state index contributed by atoms with van der Waals surface area (Å²) in [5.74, 6) is -2.07. The molecule has 16 nitrogen and oxygen atoms in total. The molecule has 3 heterocycles. The van der Waals surface area contributed by atoms with Crippen molar-refractivity contribution in [3.05, 3.63) is 46.6 Å². The fraction of sp³-hybridized carbons (Fsp3) is 0.444. The number of aliphatic hydroxyl groups is 7. The fourth-order valence-electron chi connectivity index (χ4n) is 4.95. The van der Waals surface area contributed by atoms with Crippen molar-refractivity contribution in [2.24, 2.45) is 0 Å². The minimum Gasteiger partial charge on any atom is -0.508 e. The SMILES string of the molecule is O=c1c(O[C@H]2O[C@@H](CO)[C@@H](O[C@H]3O[C@@H](CO)[C@H](O)[C@@H](O)[C@@H]3O)[C@@H](O)[C@@H]2O)c(-c2ccc(O)cc2)oc2cc(O)cc(O)c12. The third-order valence-electron chi connectivity index (χ3n) is 7.24. The second-order valence-corrected chi connectivity index (χ2v) is 10.1. The van der Waals surface area contributed by atoms with E-state index in [2.05, 4.69) is 0 Å². The van der Waals surface area contributed by atoms with Crippen molar-refractivity contribution in [3.63, 3.8) is 0 Å². The second-order valence-electron chi connectivity index (χ2n) is 10.1. The molecule has 10 N–H and O–H groups in total. The molecule has 43 heavy (non-hydrogen) atoms. The third-order valence-corrected chi connectivity index (χ3v) is 7.24. The van der Waals surface area contributed by atoms with Gasteiger partial charge in [-0.1, -0.05) is 0 Å². The van der Waals surface area contributed by atoms with Gasteiger partial charge < -0.3 is 74.4 Å². The van der Waals surface area contributed by atoms with Gasteiger partial charge in [0.25, 0.3) is 0 Å². The van der Waals surface area contributed by atoms with Crippen LogP contribution >= 0.6 is 0 Å². The van der Waals surface area contributed by atoms with Gasteiger partial charge in [-0.2, -0.15) is 0 Å². The van der Waals surface area contributed by atoms with Gasteiger partial charge in [0.2, 0.25) is 17.5 Å². The summed E-state index contributed by atoms with van der Waals surface area (Å²) in [6, 6.07) is 7.25. The van der Waals surface area contributed by atoms with E-state index in [0.29, 0.717) is 0 Å². The molecule has 0 unspecified atom stereocenters. The number of aromatic hydroxyl groups is 3. The van der Waals surface area contributed by atoms with Crippen LogP contribution in [0.1, 0.15) is 0 Å². The Balaban J connectivity index is 1.47. The van der Waals surface area contributed by atoms with Crippen LogP contribution in [-0.4, -0.2) is 126 Å². The maximum Gasteiger partial charge on any atom is 0.239 e. The van der Waals surface area contributed by atoms with Crippen LogP contribution in [0.15, 0.2) is 45.6 Å². The largest absolute Gasteiger partial charge is 0.508 e. The van der Waals surface area contributed by atoms with Gasteiger partial charge in [0.15, 0.2) is 12.1 Å². The second kappa shape index (κ2) is 12.2. The first-order valence-electron chi connectivity index (χ1n) is 13.0. The predicted molar refractivity (Wildman–Crippen MR) is 140 cm³/mol. The molecule has 0 radical (unpaired) electrons. The summed E-state index contributed by atoms with van der Waals surface area (Å²) < 4.78 is 27.9. The highest BCUT2D eigenvalue weighted by molar-refractivity contribution is 5.88. The van der Waals surface area contributed by atoms with Crippen LogP contribution in [0.5, 0.6) is 23.0 Å². The zero-order valence-electron chi connectivity index (χ0n) is 22.1. The van der Waals surface area contributed by atoms with Crippen LogP contribution in [0.2, 0.25) is 0 Å². The predicted octanol–water partition coefficient (Wildman–Crippen LogP) is -2.42. The molecule has 10 atom stereocenters. The summed E-state index contributed by atoms with van der Waals surface area (Å²) in [6.07, 6.45) is -17.4. The smallest absolute Gasteiger partial charge is 0.239 e. The normalized spacial score (nSPS) is 33.0. The quantitative estimate of drug-likeness (QED) is 0.133. The van der Waals surface area contributed by atoms with Gasteiger partial charge in [-0.25, -0.2) is 0 Å². The first-order chi connectivity index (χ1) is 20.4. The molecule has 2 aromatic carbocycles. The summed E-state index contributed by atoms with van der Waals surface area (Å²) in [5, 5.41) is 101. The Morgan fingerprint density at radius 1 is 0.721 bits per heavy atom. The van der Waals surface area contributed by atoms with E-state index in [-0.39, 0.29) is 22.7 Å². The van der Waals surface area contributed by atoms with Gasteiger partial charge in [0, 0.05) is 17.7 Å². The standard InChI is InChI=1S/C27H30O16/c28-7-14-17(33)19(35)21(37)26(40-14)42-24-15(8-29)41-27(22(38)20(24)36)43-25-18(34)16-12(32)5-11(31)6-13(16)39-23(25)9-1-3-10(30)4-2-9/h1-6,14-15,17,19-22,24,26-33,35-38H,7-8H2/t14-,15-,17-,19+,20-,21-,22-,24+,26+,27+/m0/s1. The van der Waals surface area contributed by atoms with Gasteiger partial charge in [-0.05, 0) is 24.3 Å². The van der Waals surface area contributed by atoms with E-state index in [9.17, 15) is 55.9 Å². The molecule has 2 aliphatic rings. The molecule has 3 aromatic rings. The van der Waals surface area contributed by atoms with Crippen molar-refractivity contribution in [1.29, 1.82) is 0 Å². The average molecular weight is 611 g/mol. The Bertz CT molecular complexity index is 1490. The lowest BCUT2D eigenvalue weighted by Gasteiger charge is -2.45. The molecule has 2 saturated heterocycles. The first kappa shape index (κ1) is 30.9. The molecule has 0 spiro atoms. The highest BCUT2D eigenvalue weighted by Crippen LogP contribution is 2.38. The Hall–Kier alpha value is -3.55. The number of benzene rings is 2. The topological polar surface area (TPSA) is 269 Å². The van der Waals surface area contributed by atoms with Crippen LogP contribution < -0.4 is 10.2 Å². The van der Waals surface area contributed by atoms with Crippen LogP contribution in [0.3, 0.4) is 0 Å². The molecule has 5 rings (SSSR count). The van der Waals surface area contributed by atoms with Crippen molar-refractivity contribution in [3.8, 4) is 34.3 Å². The summed E-state index contributed by atoms with van der Waals surface area (Å²) in [5.41, 5.74) is -1.01. The van der Waals surface area contributed by atoms with Gasteiger partial charge in [0.1, 0.15) is 77.0 Å². The number of hydrogen-bond acceptors (Lipinski definition) is 16. The highest BCUT2D eigenvalue weighted by Gasteiger charge is 2.51. The average Bonchev–Trinajstić information content (AvgIpc) is 2.97. The number of aliphatic hydroxyl groups excluding tert-OH is 7. The Morgan fingerprint density at radius 3 is 2.00 bits per heavy atom. The molecule has 0 saturated carbocycles. The zero-order valence-corrected chi connectivity index (χ0v) is 22.1. The molecule has 0 aliphatic carbocycles. The molecule has 234 valence electrons. The Labute approximate surface area is 241 Å². The van der Waals surface area contributed by atoms with E-state index >= 15 is 0 Å². The van der Waals surface area contributed by atoms with Crippen LogP contribution in [-0.2, 0) is 14.2 Å². The maximum absolute atomic E-state index is 13.6. The summed E-state index contributed by atoms with van der Waals surface area (Å²) >= 11 is 0. The van der Waals surface area contributed by atoms with E-state index in [1.807, 2.05) is 0 Å². The van der Waals surface area contributed by atoms with Crippen LogP contribution in [0.4, 0.5) is 0 Å². The lowest BCUT2D eigenvalue weighted by atomic mass is 9.97. The number of ether oxygens (including phenoxy) is 4. The van der Waals surface area contributed by atoms with E-state index in [1.54, 1.807) is 0 Å². The van der Waals surface area contributed by atoms with Crippen molar-refractivity contribution >= 4 is 11.0 Å². The summed E-state index contributed by atoms with van der Waals surface area (Å²) in [6.45, 7) is -1.62. The van der Waals surface area contributed by atoms with E-state index in [1.165, 1.54) is 24.3 Å². The van der Waals surface area contributed by atoms with Gasteiger partial charge in [-0.3, -0.25) is 4.79 Å². The number of phenolic OH excluding ortho intramolecular Hbond substituents is 3. The third kappa shape index (κ3) is 5.73. The molecule has 0 amide bonds. The number of fused-ring (bicyclic) bond motifs is 1. The molecule has 2 aliphatic heterocycles. The van der Waals surface area contributed by atoms with Crippen LogP contribution in [0, 0.1) is 0 Å². The van der Waals surface area contributed by atoms with Crippen molar-refractivity contribution in [2.45, 2.75) is 61.4 Å². The molecular formula is C27H30O16. The molecule has 1 aromatic heterocycles. The van der Waals surface area contributed by atoms with Crippen molar-refractivity contribution in [2.75, 3.05) is 13.2 Å². The van der Waals surface area contributed by atoms with Crippen LogP contribution in [0.25, 0.3) is 22.3 Å². The lowest BCUT2D eigenvalue weighted by Crippen LogP contribution is -2.65. The lowest BCUT2D eigenvalue weighted by molar-refractivity contribution is -0.352. The summed E-state index contributed by atoms with van der Waals surface area (Å²) in [7, 11) is 0. The number of phenols is 3. The van der Waals surface area contributed by atoms with Gasteiger partial charge >= 0.3 is 0 Å². The number of hydrogen-bond donors (Lipinski definition) is 10. The van der Waals surface area contributed by atoms with E-state index in [4.69, 9.17) is 23.4 Å². The van der Waals surface area contributed by atoms with Gasteiger partial charge in [0.05, 0.1) is 13.2 Å². The fourth-order valence-corrected chi connectivity index (χ4v) is 4.95. The van der Waals surface area contributed by atoms with Crippen molar-refractivity contribution in [1.82, 2.24) is 0 Å². The molecule has 2 fully saturated rings. The molecule has 0 bridgehead atoms. The highest BCUT2D eigenvalue weighted by atomic mass is 16.7. The monoisotopic (exact) mass is 610 g/mol. The number of rotatable bonds is 7. The molecule has 16 heteroatoms. The minimum absolute atomic E-state index is 0.116. The minimum atomic E-state index is -1.99. The zero-order chi connectivity index (χ0) is 31.2. The van der Waals surface area contributed by atoms with Gasteiger partial charge in [-0.15, -0.1) is 0 Å².